The van der Waals surface area contributed by atoms with Crippen molar-refractivity contribution in [2.75, 3.05) is 407 Å². The highest BCUT2D eigenvalue weighted by atomic mass is 16.2. The smallest absolute Gasteiger partial charge is 0.231 e. The number of primary amides is 4. The van der Waals surface area contributed by atoms with Crippen LogP contribution in [0.2, 0.25) is 0 Å². The lowest BCUT2D eigenvalue weighted by Crippen LogP contribution is -2.77. The highest BCUT2D eigenvalue weighted by molar-refractivity contribution is 5.77. The maximum absolute atomic E-state index is 11.4. The van der Waals surface area contributed by atoms with Crippen LogP contribution >= 0.6 is 0 Å². The Morgan fingerprint density at radius 2 is 0.583 bits per heavy atom. The summed E-state index contributed by atoms with van der Waals surface area (Å²) in [6, 6.07) is 10.7. The molecule has 14 saturated heterocycles. The van der Waals surface area contributed by atoms with Crippen molar-refractivity contribution >= 4 is 23.6 Å². The zero-order valence-electron chi connectivity index (χ0n) is 74.9. The lowest BCUT2D eigenvalue weighted by atomic mass is 10.0. The van der Waals surface area contributed by atoms with Gasteiger partial charge in [0.05, 0.1) is 64.2 Å². The molecule has 14 aliphatic rings. The second-order valence-corrected chi connectivity index (χ2v) is 35.3. The van der Waals surface area contributed by atoms with Gasteiger partial charge in [0, 0.05) is 308 Å². The van der Waals surface area contributed by atoms with E-state index in [1.54, 1.807) is 14.1 Å². The molecular formula is C84H170N32O4. The van der Waals surface area contributed by atoms with Crippen molar-refractivity contribution in [3.05, 3.63) is 35.9 Å². The third-order valence-electron chi connectivity index (χ3n) is 25.8. The second kappa shape index (κ2) is 58.4. The van der Waals surface area contributed by atoms with Gasteiger partial charge in [-0.15, -0.1) is 0 Å². The Hall–Kier alpha value is -4.02. The number of fused-ring (bicyclic) bond motifs is 4. The largest absolute Gasteiger partial charge is 0.369 e. The molecule has 4 bridgehead atoms. The number of carbonyl (C=O) groups is 4. The molecule has 0 aliphatic carbocycles. The molecule has 19 N–H and O–H groups in total. The zero-order chi connectivity index (χ0) is 84.7. The van der Waals surface area contributed by atoms with E-state index in [9.17, 15) is 19.2 Å². The standard InChI is InChI=1S/C18H38N8O4.C15H26N4.C12H22N4.C11H22N4.C10H18N4.C10H24N4.C8H20N4/c1-23(11-15(19)27)5-3-7-25(13-17(21)29)9-10-26(14-18(22)30)8-4-6-24(2)12-16(20)28;1-2-4-15(5-3-1)14-19-12-10-17-8-6-16-7-9-18-11-13-19;1-3-13-7-9-15-5-2-6-16-10-8-14(4-1)11(13)12(15)16;1-2-12-4-6-14-8-9-15(11-14)7-5-13(3-1)10-12;1-2-12-7-8-14-4-3-13-6-5-11(1)9(12)10(13)14;11-3-1-5-13-7-9-14(10-8-13)6-2-4-12;1-2-10-5-6-12-8-7-11-4-3-9-1/h3-14H2,1-2H3,(H2,19,27)(H2,20,28)(H2,21,29)(H2,22,30);1-5,16-18H,6-14H2;11-12H,1-10H2;1-11H2;9-10H,1-8H2;1-12H2;9-12H,1-8H2. The van der Waals surface area contributed by atoms with Gasteiger partial charge in [0.15, 0.2) is 0 Å². The van der Waals surface area contributed by atoms with Crippen molar-refractivity contribution in [3.63, 3.8) is 0 Å². The first-order valence-electron chi connectivity index (χ1n) is 46.9. The molecule has 1 aromatic rings. The fourth-order valence-corrected chi connectivity index (χ4v) is 19.4. The highest BCUT2D eigenvalue weighted by Crippen LogP contribution is 2.34. The summed E-state index contributed by atoms with van der Waals surface area (Å²) >= 11 is 0. The molecule has 0 spiro atoms. The number of nitrogens with zero attached hydrogens (tertiary/aromatic N) is 19. The number of hydrogen-bond acceptors (Lipinski definition) is 32. The van der Waals surface area contributed by atoms with Crippen molar-refractivity contribution in [1.82, 2.24) is 130 Å². The van der Waals surface area contributed by atoms with Crippen LogP contribution in [0.15, 0.2) is 30.3 Å². The molecule has 4 amide bonds. The zero-order valence-corrected chi connectivity index (χ0v) is 74.9. The van der Waals surface area contributed by atoms with Crippen LogP contribution in [-0.2, 0) is 25.7 Å². The quantitative estimate of drug-likeness (QED) is 0.0389. The van der Waals surface area contributed by atoms with Gasteiger partial charge in [0.2, 0.25) is 23.6 Å². The molecule has 0 aromatic heterocycles. The van der Waals surface area contributed by atoms with Crippen molar-refractivity contribution in [3.8, 4) is 0 Å². The Balaban J connectivity index is 0.000000162. The molecule has 4 atom stereocenters. The van der Waals surface area contributed by atoms with Crippen LogP contribution in [-0.4, -0.2) is 548 Å². The van der Waals surface area contributed by atoms with Crippen molar-refractivity contribution in [1.29, 1.82) is 0 Å². The van der Waals surface area contributed by atoms with Gasteiger partial charge in [0.1, 0.15) is 0 Å². The first-order chi connectivity index (χ1) is 58.6. The summed E-state index contributed by atoms with van der Waals surface area (Å²) < 4.78 is 0. The molecule has 0 radical (unpaired) electrons. The number of likely N-dealkylation sites (N-methyl/N-ethyl adjacent to an activating group) is 2. The fourth-order valence-electron chi connectivity index (χ4n) is 19.4. The molecule has 0 saturated carbocycles. The number of hydrogen-bond donors (Lipinski definition) is 13. The minimum absolute atomic E-state index is 0.102. The van der Waals surface area contributed by atoms with Gasteiger partial charge in [-0.05, 0) is 117 Å². The lowest BCUT2D eigenvalue weighted by Gasteiger charge is -2.61. The van der Waals surface area contributed by atoms with Crippen LogP contribution in [0.25, 0.3) is 0 Å². The molecule has 1 aromatic carbocycles. The Labute approximate surface area is 723 Å². The van der Waals surface area contributed by atoms with E-state index in [4.69, 9.17) is 34.4 Å². The molecule has 4 unspecified atom stereocenters. The Bertz CT molecular complexity index is 2650. The van der Waals surface area contributed by atoms with E-state index in [0.29, 0.717) is 39.3 Å². The van der Waals surface area contributed by atoms with Crippen molar-refractivity contribution in [2.24, 2.45) is 34.4 Å². The van der Waals surface area contributed by atoms with Gasteiger partial charge in [-0.1, -0.05) is 30.3 Å². The monoisotopic (exact) mass is 1690 g/mol. The Morgan fingerprint density at radius 1 is 0.308 bits per heavy atom. The predicted octanol–water partition coefficient (Wildman–Crippen LogP) is -7.77. The van der Waals surface area contributed by atoms with Crippen LogP contribution < -0.4 is 71.6 Å². The molecule has 36 nitrogen and oxygen atoms in total. The SMILES string of the molecule is C1CN2CCN3CCCN4CCN(C1)C2C34.C1CN2CCN3CCN(CCN(C1)C2)C3.C1CN2CCN3CCN4CCN1C2C43.C1CNCCNCCNCCN1.CN(CCCN(CCN(CCCN(C)CC(N)=O)CC(N)=O)CC(N)=O)CC(N)=O.NCCCN1CCN(CCCN)CC1.c1ccc(CN2CCNCCNCCNCC2)cc1. The van der Waals surface area contributed by atoms with Gasteiger partial charge < -0.3 is 81.4 Å². The molecule has 14 aliphatic heterocycles. The van der Waals surface area contributed by atoms with E-state index in [0.717, 1.165) is 175 Å². The predicted molar refractivity (Wildman–Crippen MR) is 484 cm³/mol. The third-order valence-corrected chi connectivity index (χ3v) is 25.8. The number of nitrogens with one attached hydrogen (secondary N) is 7. The minimum Gasteiger partial charge on any atom is -0.369 e. The third kappa shape index (κ3) is 37.9. The average molecular weight is 1690 g/mol. The van der Waals surface area contributed by atoms with E-state index in [1.807, 2.05) is 19.6 Å². The highest BCUT2D eigenvalue weighted by Gasteiger charge is 2.51. The Kier molecular flexibility index (Phi) is 48.5. The topological polar surface area (TPSA) is 370 Å². The van der Waals surface area contributed by atoms with Crippen LogP contribution in [0, 0.1) is 0 Å². The van der Waals surface area contributed by atoms with Crippen molar-refractivity contribution < 1.29 is 19.2 Å². The van der Waals surface area contributed by atoms with Gasteiger partial charge in [-0.2, -0.15) is 0 Å². The molecule has 14 heterocycles. The van der Waals surface area contributed by atoms with Gasteiger partial charge in [-0.25, -0.2) is 0 Å². The number of rotatable bonds is 27. The van der Waals surface area contributed by atoms with E-state index in [-0.39, 0.29) is 26.2 Å². The first-order valence-corrected chi connectivity index (χ1v) is 46.9. The van der Waals surface area contributed by atoms with Crippen LogP contribution in [0.1, 0.15) is 50.5 Å². The summed E-state index contributed by atoms with van der Waals surface area (Å²) in [4.78, 5) is 91.8. The fraction of sp³-hybridized carbons (Fsp3) is 0.881. The number of amides is 4. The maximum Gasteiger partial charge on any atom is 0.231 e. The van der Waals surface area contributed by atoms with E-state index in [1.165, 1.54) is 235 Å². The van der Waals surface area contributed by atoms with Gasteiger partial charge >= 0.3 is 0 Å². The Morgan fingerprint density at radius 3 is 0.875 bits per heavy atom. The van der Waals surface area contributed by atoms with Gasteiger partial charge in [0.25, 0.3) is 0 Å². The van der Waals surface area contributed by atoms with E-state index in [2.05, 4.69) is 141 Å². The van der Waals surface area contributed by atoms with Gasteiger partial charge in [-0.3, -0.25) is 102 Å². The normalized spacial score (nSPS) is 27.5. The summed E-state index contributed by atoms with van der Waals surface area (Å²) in [5, 5.41) is 23.8. The van der Waals surface area contributed by atoms with E-state index >= 15 is 0 Å². The lowest BCUT2D eigenvalue weighted by molar-refractivity contribution is -0.179. The number of nitrogens with two attached hydrogens (primary N) is 6. The second-order valence-electron chi connectivity index (χ2n) is 35.3. The van der Waals surface area contributed by atoms with Crippen LogP contribution in [0.4, 0.5) is 0 Å². The van der Waals surface area contributed by atoms with E-state index < -0.39 is 23.6 Å². The van der Waals surface area contributed by atoms with Crippen molar-refractivity contribution in [2.45, 2.75) is 76.2 Å². The summed E-state index contributed by atoms with van der Waals surface area (Å²) in [6.45, 7) is 64.7. The minimum atomic E-state index is -0.435. The average Bonchev–Trinajstić information content (AvgIpc) is 1.63. The number of piperazine rings is 5. The molecule has 690 valence electrons. The molecular weight excluding hydrogens is 1520 g/mol. The summed E-state index contributed by atoms with van der Waals surface area (Å²) in [5.74, 6) is -1.66. The number of benzene rings is 1. The molecule has 15 rings (SSSR count). The molecule has 14 fully saturated rings. The molecule has 36 heteroatoms. The summed E-state index contributed by atoms with van der Waals surface area (Å²) in [7, 11) is 3.60. The maximum atomic E-state index is 11.4. The summed E-state index contributed by atoms with van der Waals surface area (Å²) in [5.41, 5.74) is 33.4. The number of carbonyl (C=O) groups excluding carboxylic acids is 4. The molecule has 120 heavy (non-hydrogen) atoms. The van der Waals surface area contributed by atoms with Crippen LogP contribution in [0.3, 0.4) is 0 Å². The summed E-state index contributed by atoms with van der Waals surface area (Å²) in [6.07, 6.45) is 10.7. The first kappa shape index (κ1) is 99.8. The van der Waals surface area contributed by atoms with Crippen LogP contribution in [0.5, 0.6) is 0 Å².